The highest BCUT2D eigenvalue weighted by Crippen LogP contribution is 2.46. The van der Waals surface area contributed by atoms with Crippen LogP contribution < -0.4 is 0 Å². The molecular weight excluding hydrogens is 375 g/mol. The smallest absolute Gasteiger partial charge is 0.339 e. The number of hydrogen-bond acceptors (Lipinski definition) is 2. The van der Waals surface area contributed by atoms with E-state index >= 15 is 0 Å². The van der Waals surface area contributed by atoms with E-state index in [2.05, 4.69) is 49.9 Å². The minimum Gasteiger partial charge on any atom is -0.455 e. The number of halogens is 1. The second kappa shape index (κ2) is 6.11. The maximum atomic E-state index is 12.7. The summed E-state index contributed by atoms with van der Waals surface area (Å²) in [6.07, 6.45) is 5.94. The summed E-state index contributed by atoms with van der Waals surface area (Å²) >= 11 is 2.19. The molecule has 21 heavy (non-hydrogen) atoms. The van der Waals surface area contributed by atoms with Crippen molar-refractivity contribution in [3.05, 3.63) is 39.5 Å². The van der Waals surface area contributed by atoms with Gasteiger partial charge in [-0.25, -0.2) is 4.79 Å². The van der Waals surface area contributed by atoms with Gasteiger partial charge in [-0.15, -0.1) is 0 Å². The van der Waals surface area contributed by atoms with Crippen molar-refractivity contribution in [2.24, 2.45) is 5.41 Å². The first-order valence-electron chi connectivity index (χ1n) is 7.44. The minimum absolute atomic E-state index is 0.0410. The average molecular weight is 398 g/mol. The number of hydrogen-bond donors (Lipinski definition) is 0. The zero-order chi connectivity index (χ0) is 15.7. The maximum absolute atomic E-state index is 12.7. The summed E-state index contributed by atoms with van der Waals surface area (Å²) in [5.74, 6) is -0.208. The van der Waals surface area contributed by atoms with Crippen LogP contribution in [0.25, 0.3) is 6.08 Å². The highest BCUT2D eigenvalue weighted by molar-refractivity contribution is 14.1. The molecule has 1 saturated carbocycles. The maximum Gasteiger partial charge on any atom is 0.339 e. The molecule has 0 radical (unpaired) electrons. The first-order valence-corrected chi connectivity index (χ1v) is 8.52. The zero-order valence-corrected chi connectivity index (χ0v) is 15.2. The predicted molar refractivity (Wildman–Crippen MR) is 95.3 cm³/mol. The van der Waals surface area contributed by atoms with Crippen LogP contribution in [0, 0.1) is 8.99 Å². The Labute approximate surface area is 141 Å². The Morgan fingerprint density at radius 2 is 1.95 bits per heavy atom. The van der Waals surface area contributed by atoms with E-state index < -0.39 is 0 Å². The van der Waals surface area contributed by atoms with Crippen LogP contribution >= 0.6 is 22.6 Å². The van der Waals surface area contributed by atoms with Gasteiger partial charge in [-0.1, -0.05) is 39.5 Å². The van der Waals surface area contributed by atoms with Crippen LogP contribution in [0.2, 0.25) is 0 Å². The van der Waals surface area contributed by atoms with Crippen molar-refractivity contribution < 1.29 is 9.53 Å². The normalized spacial score (nSPS) is 17.5. The van der Waals surface area contributed by atoms with Gasteiger partial charge in [0.15, 0.2) is 0 Å². The molecule has 2 nitrogen and oxygen atoms in total. The van der Waals surface area contributed by atoms with Gasteiger partial charge >= 0.3 is 5.97 Å². The second-order valence-electron chi connectivity index (χ2n) is 6.78. The predicted octanol–water partition coefficient (Wildman–Crippen LogP) is 5.45. The van der Waals surface area contributed by atoms with Crippen LogP contribution in [0.1, 0.15) is 62.4 Å². The van der Waals surface area contributed by atoms with Crippen LogP contribution in [0.3, 0.4) is 0 Å². The van der Waals surface area contributed by atoms with Crippen molar-refractivity contribution in [1.29, 1.82) is 0 Å². The van der Waals surface area contributed by atoms with E-state index in [0.29, 0.717) is 5.56 Å². The van der Waals surface area contributed by atoms with E-state index in [1.807, 2.05) is 18.2 Å². The van der Waals surface area contributed by atoms with Crippen LogP contribution in [-0.2, 0) is 4.74 Å². The van der Waals surface area contributed by atoms with Crippen molar-refractivity contribution in [3.8, 4) is 0 Å². The van der Waals surface area contributed by atoms with Gasteiger partial charge in [0, 0.05) is 8.99 Å². The molecule has 1 fully saturated rings. The standard InChI is InChI=1S/C18H23IO2/c1-5-13-8-9-15(19)14(12-13)16(20)21-18(17(2,3)4)10-6-7-11-18/h5,8-9,12H,1,6-7,10-11H2,2-4H3. The fraction of sp³-hybridized carbons (Fsp3) is 0.500. The molecule has 0 aromatic heterocycles. The van der Waals surface area contributed by atoms with Gasteiger partial charge in [-0.05, 0) is 66.0 Å². The lowest BCUT2D eigenvalue weighted by molar-refractivity contribution is -0.0749. The highest BCUT2D eigenvalue weighted by Gasteiger charge is 2.47. The van der Waals surface area contributed by atoms with Crippen LogP contribution in [-0.4, -0.2) is 11.6 Å². The molecule has 0 bridgehead atoms. The van der Waals surface area contributed by atoms with E-state index in [-0.39, 0.29) is 17.0 Å². The first kappa shape index (κ1) is 16.5. The average Bonchev–Trinajstić information content (AvgIpc) is 2.88. The summed E-state index contributed by atoms with van der Waals surface area (Å²) in [5, 5.41) is 0. The summed E-state index contributed by atoms with van der Waals surface area (Å²) in [5.41, 5.74) is 1.21. The van der Waals surface area contributed by atoms with Crippen LogP contribution in [0.4, 0.5) is 0 Å². The molecule has 1 aromatic rings. The van der Waals surface area contributed by atoms with Crippen molar-refractivity contribution >= 4 is 34.6 Å². The first-order chi connectivity index (χ1) is 9.79. The third-order valence-corrected chi connectivity index (χ3v) is 5.45. The molecule has 1 aliphatic rings. The Hall–Kier alpha value is -0.840. The largest absolute Gasteiger partial charge is 0.455 e. The van der Waals surface area contributed by atoms with Gasteiger partial charge in [0.05, 0.1) is 5.56 Å². The van der Waals surface area contributed by atoms with Gasteiger partial charge in [-0.3, -0.25) is 0 Å². The van der Waals surface area contributed by atoms with E-state index in [1.54, 1.807) is 6.08 Å². The molecule has 0 spiro atoms. The van der Waals surface area contributed by atoms with Crippen molar-refractivity contribution in [2.75, 3.05) is 0 Å². The molecule has 0 atom stereocenters. The second-order valence-corrected chi connectivity index (χ2v) is 7.95. The summed E-state index contributed by atoms with van der Waals surface area (Å²) in [6.45, 7) is 10.3. The van der Waals surface area contributed by atoms with Gasteiger partial charge in [-0.2, -0.15) is 0 Å². The van der Waals surface area contributed by atoms with Gasteiger partial charge in [0.1, 0.15) is 5.60 Å². The Morgan fingerprint density at radius 1 is 1.33 bits per heavy atom. The molecule has 0 amide bonds. The minimum atomic E-state index is -0.336. The lowest BCUT2D eigenvalue weighted by atomic mass is 9.75. The Bertz CT molecular complexity index is 549. The summed E-state index contributed by atoms with van der Waals surface area (Å²) in [6, 6.07) is 5.76. The quantitative estimate of drug-likeness (QED) is 0.500. The third kappa shape index (κ3) is 3.33. The van der Waals surface area contributed by atoms with Crippen LogP contribution in [0.5, 0.6) is 0 Å². The molecular formula is C18H23IO2. The van der Waals surface area contributed by atoms with Gasteiger partial charge < -0.3 is 4.74 Å². The van der Waals surface area contributed by atoms with E-state index in [1.165, 1.54) is 0 Å². The number of rotatable bonds is 3. The van der Waals surface area contributed by atoms with Crippen molar-refractivity contribution in [3.63, 3.8) is 0 Å². The van der Waals surface area contributed by atoms with Crippen molar-refractivity contribution in [2.45, 2.75) is 52.1 Å². The molecule has 114 valence electrons. The molecule has 1 aromatic carbocycles. The lowest BCUT2D eigenvalue weighted by Crippen LogP contribution is -2.44. The lowest BCUT2D eigenvalue weighted by Gasteiger charge is -2.41. The third-order valence-electron chi connectivity index (χ3n) is 4.51. The summed E-state index contributed by atoms with van der Waals surface area (Å²) in [4.78, 5) is 12.7. The number of esters is 1. The number of carbonyl (C=O) groups is 1. The molecule has 2 rings (SSSR count). The molecule has 0 aliphatic heterocycles. The summed E-state index contributed by atoms with van der Waals surface area (Å²) < 4.78 is 6.97. The monoisotopic (exact) mass is 398 g/mol. The Kier molecular flexibility index (Phi) is 4.81. The van der Waals surface area contributed by atoms with E-state index in [4.69, 9.17) is 4.74 Å². The van der Waals surface area contributed by atoms with E-state index in [9.17, 15) is 4.79 Å². The number of ether oxygens (including phenoxy) is 1. The van der Waals surface area contributed by atoms with E-state index in [0.717, 1.165) is 34.8 Å². The molecule has 0 saturated heterocycles. The molecule has 0 unspecified atom stereocenters. The molecule has 0 heterocycles. The fourth-order valence-electron chi connectivity index (χ4n) is 3.01. The van der Waals surface area contributed by atoms with Gasteiger partial charge in [0.25, 0.3) is 0 Å². The van der Waals surface area contributed by atoms with Crippen LogP contribution in [0.15, 0.2) is 24.8 Å². The fourth-order valence-corrected chi connectivity index (χ4v) is 3.57. The molecule has 1 aliphatic carbocycles. The summed E-state index contributed by atoms with van der Waals surface area (Å²) in [7, 11) is 0. The van der Waals surface area contributed by atoms with Gasteiger partial charge in [0.2, 0.25) is 0 Å². The van der Waals surface area contributed by atoms with Crippen molar-refractivity contribution in [1.82, 2.24) is 0 Å². The highest BCUT2D eigenvalue weighted by atomic mass is 127. The zero-order valence-electron chi connectivity index (χ0n) is 13.0. The topological polar surface area (TPSA) is 26.3 Å². The number of benzene rings is 1. The Morgan fingerprint density at radius 3 is 2.48 bits per heavy atom. The molecule has 3 heteroatoms. The number of carbonyl (C=O) groups excluding carboxylic acids is 1. The molecule has 0 N–H and O–H groups in total. The SMILES string of the molecule is C=Cc1ccc(I)c(C(=O)OC2(C(C)(C)C)CCCC2)c1. The Balaban J connectivity index is 2.30.